The van der Waals surface area contributed by atoms with Gasteiger partial charge in [0.1, 0.15) is 5.52 Å². The summed E-state index contributed by atoms with van der Waals surface area (Å²) in [5, 5.41) is 0. The molecule has 0 fully saturated rings. The normalized spacial score (nSPS) is 12.2. The molecule has 0 aliphatic carbocycles. The molecular formula is C13H18N2O. The Bertz CT molecular complexity index is 500. The molecule has 2 aromatic rings. The highest BCUT2D eigenvalue weighted by atomic mass is 16.3. The van der Waals surface area contributed by atoms with E-state index in [0.29, 0.717) is 6.54 Å². The fourth-order valence-corrected chi connectivity index (χ4v) is 1.57. The van der Waals surface area contributed by atoms with Crippen molar-refractivity contribution in [2.24, 2.45) is 5.73 Å². The van der Waals surface area contributed by atoms with Crippen molar-refractivity contribution in [3.8, 4) is 0 Å². The molecule has 0 unspecified atom stereocenters. The Morgan fingerprint density at radius 2 is 2.12 bits per heavy atom. The molecule has 2 rings (SSSR count). The lowest BCUT2D eigenvalue weighted by atomic mass is 9.94. The van der Waals surface area contributed by atoms with Crippen LogP contribution in [-0.2, 0) is 11.8 Å². The molecule has 1 heterocycles. The van der Waals surface area contributed by atoms with Crippen molar-refractivity contribution in [3.63, 3.8) is 0 Å². The summed E-state index contributed by atoms with van der Waals surface area (Å²) in [6, 6.07) is 6.14. The molecule has 0 atom stereocenters. The van der Waals surface area contributed by atoms with Gasteiger partial charge in [-0.3, -0.25) is 0 Å². The summed E-state index contributed by atoms with van der Waals surface area (Å²) >= 11 is 0. The van der Waals surface area contributed by atoms with Crippen molar-refractivity contribution in [3.05, 3.63) is 29.7 Å². The average Bonchev–Trinajstić information content (AvgIpc) is 2.72. The molecule has 0 aliphatic rings. The first kappa shape index (κ1) is 11.1. The van der Waals surface area contributed by atoms with Crippen LogP contribution in [0.5, 0.6) is 0 Å². The molecule has 0 amide bonds. The van der Waals surface area contributed by atoms with E-state index in [1.165, 1.54) is 5.56 Å². The van der Waals surface area contributed by atoms with Gasteiger partial charge in [-0.15, -0.1) is 0 Å². The number of hydrogen-bond acceptors (Lipinski definition) is 3. The third-order valence-electron chi connectivity index (χ3n) is 2.95. The van der Waals surface area contributed by atoms with Crippen molar-refractivity contribution in [2.45, 2.75) is 32.6 Å². The van der Waals surface area contributed by atoms with Crippen LogP contribution in [0.4, 0.5) is 0 Å². The molecule has 0 saturated carbocycles. The van der Waals surface area contributed by atoms with Gasteiger partial charge in [-0.1, -0.05) is 13.0 Å². The van der Waals surface area contributed by atoms with Crippen LogP contribution in [0.25, 0.3) is 11.1 Å². The highest BCUT2D eigenvalue weighted by Gasteiger charge is 2.25. The lowest BCUT2D eigenvalue weighted by molar-refractivity contribution is 0.391. The number of benzene rings is 1. The van der Waals surface area contributed by atoms with E-state index in [4.69, 9.17) is 10.2 Å². The summed E-state index contributed by atoms with van der Waals surface area (Å²) in [4.78, 5) is 4.52. The average molecular weight is 218 g/mol. The second kappa shape index (κ2) is 3.91. The van der Waals surface area contributed by atoms with Gasteiger partial charge >= 0.3 is 0 Å². The van der Waals surface area contributed by atoms with E-state index in [9.17, 15) is 0 Å². The highest BCUT2D eigenvalue weighted by Crippen LogP contribution is 2.26. The van der Waals surface area contributed by atoms with Crippen LogP contribution in [0.15, 0.2) is 22.6 Å². The zero-order valence-electron chi connectivity index (χ0n) is 10.1. The molecule has 0 bridgehead atoms. The van der Waals surface area contributed by atoms with Crippen molar-refractivity contribution < 1.29 is 4.42 Å². The molecule has 1 aromatic carbocycles. The first-order chi connectivity index (χ1) is 7.56. The molecule has 0 spiro atoms. The second-order valence-electron chi connectivity index (χ2n) is 4.76. The molecule has 16 heavy (non-hydrogen) atoms. The van der Waals surface area contributed by atoms with Gasteiger partial charge < -0.3 is 10.2 Å². The van der Waals surface area contributed by atoms with Gasteiger partial charge in [0, 0.05) is 6.54 Å². The third-order valence-corrected chi connectivity index (χ3v) is 2.95. The molecule has 0 aliphatic heterocycles. The number of hydrogen-bond donors (Lipinski definition) is 1. The maximum atomic E-state index is 5.73. The van der Waals surface area contributed by atoms with Crippen LogP contribution in [0.2, 0.25) is 0 Å². The smallest absolute Gasteiger partial charge is 0.202 e. The van der Waals surface area contributed by atoms with E-state index in [1.54, 1.807) is 0 Å². The maximum Gasteiger partial charge on any atom is 0.202 e. The Morgan fingerprint density at radius 3 is 2.75 bits per heavy atom. The Balaban J connectivity index is 2.52. The summed E-state index contributed by atoms with van der Waals surface area (Å²) in [5.41, 5.74) is 8.56. The van der Waals surface area contributed by atoms with Crippen molar-refractivity contribution in [1.29, 1.82) is 0 Å². The van der Waals surface area contributed by atoms with Crippen molar-refractivity contribution in [2.75, 3.05) is 6.54 Å². The number of rotatable bonds is 3. The molecular weight excluding hydrogens is 200 g/mol. The molecule has 0 radical (unpaired) electrons. The van der Waals surface area contributed by atoms with E-state index in [-0.39, 0.29) is 5.41 Å². The number of aryl methyl sites for hydroxylation is 1. The van der Waals surface area contributed by atoms with Gasteiger partial charge in [0.05, 0.1) is 5.41 Å². The van der Waals surface area contributed by atoms with Crippen LogP contribution in [0.3, 0.4) is 0 Å². The van der Waals surface area contributed by atoms with Crippen LogP contribution in [0.1, 0.15) is 32.2 Å². The zero-order valence-corrected chi connectivity index (χ0v) is 10.1. The van der Waals surface area contributed by atoms with Gasteiger partial charge in [0.15, 0.2) is 5.58 Å². The number of nitrogens with zero attached hydrogens (tertiary/aromatic N) is 1. The van der Waals surface area contributed by atoms with E-state index < -0.39 is 0 Å². The minimum atomic E-state index is -0.203. The molecule has 2 N–H and O–H groups in total. The summed E-state index contributed by atoms with van der Waals surface area (Å²) in [6.45, 7) is 6.74. The zero-order chi connectivity index (χ0) is 11.8. The number of fused-ring (bicyclic) bond motifs is 1. The number of aromatic nitrogens is 1. The summed E-state index contributed by atoms with van der Waals surface area (Å²) in [6.07, 6.45) is 1.01. The largest absolute Gasteiger partial charge is 0.440 e. The van der Waals surface area contributed by atoms with E-state index in [1.807, 2.05) is 19.9 Å². The fraction of sp³-hybridized carbons (Fsp3) is 0.462. The first-order valence-electron chi connectivity index (χ1n) is 5.67. The summed E-state index contributed by atoms with van der Waals surface area (Å²) in [5.74, 6) is 0.721. The SMILES string of the molecule is CCc1ccc2oc(C(C)(C)CN)nc2c1. The van der Waals surface area contributed by atoms with Crippen molar-refractivity contribution >= 4 is 11.1 Å². The van der Waals surface area contributed by atoms with Gasteiger partial charge in [0.2, 0.25) is 5.89 Å². The van der Waals surface area contributed by atoms with E-state index in [2.05, 4.69) is 24.0 Å². The monoisotopic (exact) mass is 218 g/mol. The quantitative estimate of drug-likeness (QED) is 0.861. The first-order valence-corrected chi connectivity index (χ1v) is 5.67. The highest BCUT2D eigenvalue weighted by molar-refractivity contribution is 5.73. The van der Waals surface area contributed by atoms with Gasteiger partial charge in [-0.2, -0.15) is 0 Å². The van der Waals surface area contributed by atoms with E-state index in [0.717, 1.165) is 23.4 Å². The lowest BCUT2D eigenvalue weighted by Gasteiger charge is -2.16. The van der Waals surface area contributed by atoms with Gasteiger partial charge in [-0.05, 0) is 38.0 Å². The molecule has 0 saturated heterocycles. The lowest BCUT2D eigenvalue weighted by Crippen LogP contribution is -2.28. The summed E-state index contributed by atoms with van der Waals surface area (Å²) in [7, 11) is 0. The van der Waals surface area contributed by atoms with Crippen LogP contribution in [-0.4, -0.2) is 11.5 Å². The molecule has 1 aromatic heterocycles. The second-order valence-corrected chi connectivity index (χ2v) is 4.76. The summed E-state index contributed by atoms with van der Waals surface area (Å²) < 4.78 is 5.73. The third kappa shape index (κ3) is 1.83. The van der Waals surface area contributed by atoms with Crippen LogP contribution in [0, 0.1) is 0 Å². The van der Waals surface area contributed by atoms with Crippen LogP contribution < -0.4 is 5.73 Å². The molecule has 86 valence electrons. The predicted octanol–water partition coefficient (Wildman–Crippen LogP) is 2.63. The topological polar surface area (TPSA) is 52.0 Å². The van der Waals surface area contributed by atoms with Crippen LogP contribution >= 0.6 is 0 Å². The predicted molar refractivity (Wildman–Crippen MR) is 65.5 cm³/mol. The Hall–Kier alpha value is -1.35. The maximum absolute atomic E-state index is 5.73. The van der Waals surface area contributed by atoms with Gasteiger partial charge in [0.25, 0.3) is 0 Å². The van der Waals surface area contributed by atoms with E-state index >= 15 is 0 Å². The Morgan fingerprint density at radius 1 is 1.38 bits per heavy atom. The standard InChI is InChI=1S/C13H18N2O/c1-4-9-5-6-11-10(7-9)15-12(16-11)13(2,3)8-14/h5-7H,4,8,14H2,1-3H3. The van der Waals surface area contributed by atoms with Gasteiger partial charge in [-0.25, -0.2) is 4.98 Å². The minimum Gasteiger partial charge on any atom is -0.440 e. The Labute approximate surface area is 95.7 Å². The number of nitrogens with two attached hydrogens (primary N) is 1. The van der Waals surface area contributed by atoms with Crippen molar-refractivity contribution in [1.82, 2.24) is 4.98 Å². The number of oxazole rings is 1. The Kier molecular flexibility index (Phi) is 2.72. The minimum absolute atomic E-state index is 0.203. The molecule has 3 heteroatoms. The fourth-order valence-electron chi connectivity index (χ4n) is 1.57. The molecule has 3 nitrogen and oxygen atoms in total.